The Bertz CT molecular complexity index is 757. The number of hydrogen-bond acceptors (Lipinski definition) is 4. The van der Waals surface area contributed by atoms with Crippen molar-refractivity contribution in [1.82, 2.24) is 0 Å². The summed E-state index contributed by atoms with van der Waals surface area (Å²) in [4.78, 5) is 24.4. The summed E-state index contributed by atoms with van der Waals surface area (Å²) in [5, 5.41) is 1.64. The molecule has 0 atom stereocenters. The summed E-state index contributed by atoms with van der Waals surface area (Å²) in [5.41, 5.74) is 0.921. The minimum atomic E-state index is -0.455. The second kappa shape index (κ2) is 4.67. The molecule has 1 fully saturated rings. The van der Waals surface area contributed by atoms with Crippen molar-refractivity contribution >= 4 is 22.3 Å². The molecular weight excluding hydrogens is 268 g/mol. The number of carbonyl (C=O) groups is 2. The molecule has 21 heavy (non-hydrogen) atoms. The Balaban J connectivity index is 1.83. The number of ether oxygens (including phenoxy) is 2. The first-order chi connectivity index (χ1) is 10.3. The highest BCUT2D eigenvalue weighted by Gasteiger charge is 2.34. The van der Waals surface area contributed by atoms with Crippen LogP contribution in [0, 0.1) is 0 Å². The third kappa shape index (κ3) is 1.87. The minimum absolute atomic E-state index is 0.0446. The summed E-state index contributed by atoms with van der Waals surface area (Å²) in [6.45, 7) is 1.34. The first kappa shape index (κ1) is 12.5. The van der Waals surface area contributed by atoms with Gasteiger partial charge in [0.1, 0.15) is 11.9 Å². The first-order valence-corrected chi connectivity index (χ1v) is 7.15. The van der Waals surface area contributed by atoms with Gasteiger partial charge in [-0.1, -0.05) is 24.3 Å². The monoisotopic (exact) mass is 282 g/mol. The molecule has 4 rings (SSSR count). The molecule has 2 aliphatic rings. The van der Waals surface area contributed by atoms with E-state index in [1.807, 2.05) is 12.1 Å². The topological polar surface area (TPSA) is 52.6 Å². The molecule has 0 spiro atoms. The van der Waals surface area contributed by atoms with Crippen molar-refractivity contribution in [2.45, 2.75) is 18.9 Å². The molecule has 0 unspecified atom stereocenters. The van der Waals surface area contributed by atoms with Crippen molar-refractivity contribution in [3.63, 3.8) is 0 Å². The lowest BCUT2D eigenvalue weighted by molar-refractivity contribution is 0.0253. The third-order valence-electron chi connectivity index (χ3n) is 4.15. The van der Waals surface area contributed by atoms with E-state index in [2.05, 4.69) is 0 Å². The van der Waals surface area contributed by atoms with Crippen LogP contribution in [-0.4, -0.2) is 30.9 Å². The van der Waals surface area contributed by atoms with Gasteiger partial charge >= 0.3 is 0 Å². The van der Waals surface area contributed by atoms with Crippen LogP contribution in [0.4, 0.5) is 0 Å². The quantitative estimate of drug-likeness (QED) is 0.795. The van der Waals surface area contributed by atoms with E-state index in [9.17, 15) is 9.59 Å². The molecule has 0 amide bonds. The van der Waals surface area contributed by atoms with Crippen LogP contribution in [0.1, 0.15) is 33.6 Å². The summed E-state index contributed by atoms with van der Waals surface area (Å²) in [6, 6.07) is 9.12. The highest BCUT2D eigenvalue weighted by atomic mass is 16.5. The zero-order chi connectivity index (χ0) is 14.4. The van der Waals surface area contributed by atoms with Crippen molar-refractivity contribution in [3.8, 4) is 5.75 Å². The van der Waals surface area contributed by atoms with Crippen LogP contribution in [0.3, 0.4) is 0 Å². The molecular formula is C17H14O4. The Morgan fingerprint density at radius 3 is 2.62 bits per heavy atom. The van der Waals surface area contributed by atoms with Gasteiger partial charge in [0.15, 0.2) is 0 Å². The van der Waals surface area contributed by atoms with Gasteiger partial charge in [0.05, 0.1) is 18.8 Å². The summed E-state index contributed by atoms with van der Waals surface area (Å²) in [5.74, 6) is -0.361. The van der Waals surface area contributed by atoms with Gasteiger partial charge < -0.3 is 9.47 Å². The fraction of sp³-hybridized carbons (Fsp3) is 0.294. The predicted molar refractivity (Wildman–Crippen MR) is 77.1 cm³/mol. The Hall–Kier alpha value is -2.20. The van der Waals surface area contributed by atoms with Crippen LogP contribution in [0.5, 0.6) is 5.75 Å². The smallest absolute Gasteiger partial charge is 0.237 e. The highest BCUT2D eigenvalue weighted by molar-refractivity contribution is 6.57. The summed E-state index contributed by atoms with van der Waals surface area (Å²) in [7, 11) is 0. The molecule has 4 heteroatoms. The Labute approximate surface area is 121 Å². The molecule has 0 radical (unpaired) electrons. The maximum atomic E-state index is 12.3. The molecule has 106 valence electrons. The molecule has 1 heterocycles. The average molecular weight is 282 g/mol. The predicted octanol–water partition coefficient (Wildman–Crippen LogP) is 2.78. The van der Waals surface area contributed by atoms with E-state index < -0.39 is 11.6 Å². The third-order valence-corrected chi connectivity index (χ3v) is 4.15. The fourth-order valence-corrected chi connectivity index (χ4v) is 3.08. The lowest BCUT2D eigenvalue weighted by atomic mass is 10.0. The van der Waals surface area contributed by atoms with Crippen LogP contribution in [-0.2, 0) is 4.74 Å². The van der Waals surface area contributed by atoms with Crippen LogP contribution in [0.15, 0.2) is 30.3 Å². The van der Waals surface area contributed by atoms with Crippen molar-refractivity contribution in [1.29, 1.82) is 0 Å². The van der Waals surface area contributed by atoms with Crippen LogP contribution in [0.25, 0.3) is 10.8 Å². The molecule has 2 aromatic carbocycles. The van der Waals surface area contributed by atoms with Gasteiger partial charge in [-0.3, -0.25) is 9.59 Å². The van der Waals surface area contributed by atoms with Gasteiger partial charge in [-0.15, -0.1) is 0 Å². The number of hydrogen-bond donors (Lipinski definition) is 0. The normalized spacial score (nSPS) is 18.5. The molecule has 0 aromatic heterocycles. The fourth-order valence-electron chi connectivity index (χ4n) is 3.08. The molecule has 1 saturated heterocycles. The van der Waals surface area contributed by atoms with E-state index in [0.717, 1.165) is 23.6 Å². The lowest BCUT2D eigenvalue weighted by Crippen LogP contribution is -2.26. The van der Waals surface area contributed by atoms with E-state index >= 15 is 0 Å². The Morgan fingerprint density at radius 1 is 1.00 bits per heavy atom. The number of ketones is 2. The van der Waals surface area contributed by atoms with Gasteiger partial charge in [0.2, 0.25) is 11.6 Å². The van der Waals surface area contributed by atoms with E-state index in [4.69, 9.17) is 9.47 Å². The Morgan fingerprint density at radius 2 is 1.81 bits per heavy atom. The van der Waals surface area contributed by atoms with Crippen molar-refractivity contribution in [3.05, 3.63) is 41.5 Å². The molecule has 1 aliphatic carbocycles. The highest BCUT2D eigenvalue weighted by Crippen LogP contribution is 2.37. The standard InChI is InChI=1S/C17H14O4/c18-16-12-3-1-2-10-4-5-13(15(14(10)12)17(16)19)21-11-6-8-20-9-7-11/h1-5,11H,6-9H2. The average Bonchev–Trinajstić information content (AvgIpc) is 2.78. The van der Waals surface area contributed by atoms with E-state index in [-0.39, 0.29) is 6.10 Å². The second-order valence-corrected chi connectivity index (χ2v) is 5.43. The largest absolute Gasteiger partial charge is 0.489 e. The maximum Gasteiger partial charge on any atom is 0.237 e. The van der Waals surface area contributed by atoms with Gasteiger partial charge in [-0.2, -0.15) is 0 Å². The SMILES string of the molecule is O=C1C(=O)c2c(OC3CCOCC3)ccc3cccc1c23. The van der Waals surface area contributed by atoms with Gasteiger partial charge in [0, 0.05) is 23.8 Å². The van der Waals surface area contributed by atoms with Crippen molar-refractivity contribution in [2.75, 3.05) is 13.2 Å². The molecule has 4 nitrogen and oxygen atoms in total. The summed E-state index contributed by atoms with van der Waals surface area (Å²) >= 11 is 0. The summed E-state index contributed by atoms with van der Waals surface area (Å²) in [6.07, 6.45) is 1.66. The number of Topliss-reactive ketones (excluding diaryl/α,β-unsaturated/α-hetero) is 2. The van der Waals surface area contributed by atoms with Crippen LogP contribution < -0.4 is 4.74 Å². The van der Waals surface area contributed by atoms with Crippen molar-refractivity contribution < 1.29 is 19.1 Å². The molecule has 0 bridgehead atoms. The second-order valence-electron chi connectivity index (χ2n) is 5.43. The zero-order valence-electron chi connectivity index (χ0n) is 11.4. The minimum Gasteiger partial charge on any atom is -0.489 e. The van der Waals surface area contributed by atoms with Crippen molar-refractivity contribution in [2.24, 2.45) is 0 Å². The zero-order valence-corrected chi connectivity index (χ0v) is 11.4. The van der Waals surface area contributed by atoms with Crippen LogP contribution >= 0.6 is 0 Å². The molecule has 0 N–H and O–H groups in total. The Kier molecular flexibility index (Phi) is 2.79. The number of carbonyl (C=O) groups excluding carboxylic acids is 2. The number of benzene rings is 2. The van der Waals surface area contributed by atoms with Gasteiger partial charge in [0.25, 0.3) is 0 Å². The first-order valence-electron chi connectivity index (χ1n) is 7.15. The van der Waals surface area contributed by atoms with Gasteiger partial charge in [-0.25, -0.2) is 0 Å². The maximum absolute atomic E-state index is 12.3. The van der Waals surface area contributed by atoms with E-state index in [1.54, 1.807) is 18.2 Å². The van der Waals surface area contributed by atoms with E-state index in [1.165, 1.54) is 0 Å². The van der Waals surface area contributed by atoms with E-state index in [0.29, 0.717) is 30.1 Å². The summed E-state index contributed by atoms with van der Waals surface area (Å²) < 4.78 is 11.3. The molecule has 2 aromatic rings. The van der Waals surface area contributed by atoms with Crippen LogP contribution in [0.2, 0.25) is 0 Å². The molecule has 0 saturated carbocycles. The number of rotatable bonds is 2. The molecule has 1 aliphatic heterocycles. The lowest BCUT2D eigenvalue weighted by Gasteiger charge is -2.24. The van der Waals surface area contributed by atoms with Gasteiger partial charge in [-0.05, 0) is 11.5 Å².